The third-order valence-corrected chi connectivity index (χ3v) is 4.86. The van der Waals surface area contributed by atoms with Crippen molar-refractivity contribution in [1.29, 1.82) is 0 Å². The molecule has 1 saturated heterocycles. The maximum atomic E-state index is 5.60. The lowest BCUT2D eigenvalue weighted by molar-refractivity contribution is 0.0531. The van der Waals surface area contributed by atoms with Crippen molar-refractivity contribution >= 4 is 45.9 Å². The quantitative estimate of drug-likeness (QED) is 0.345. The molecule has 0 aromatic heterocycles. The first-order chi connectivity index (χ1) is 11.2. The number of hydrogen-bond donors (Lipinski definition) is 2. The molecule has 2 N–H and O–H groups in total. The summed E-state index contributed by atoms with van der Waals surface area (Å²) in [5, 5.41) is 6.72. The molecule has 0 atom stereocenters. The van der Waals surface area contributed by atoms with Gasteiger partial charge in [0.05, 0.1) is 6.54 Å². The summed E-state index contributed by atoms with van der Waals surface area (Å²) in [5.74, 6) is 0.914. The van der Waals surface area contributed by atoms with Gasteiger partial charge >= 0.3 is 0 Å². The van der Waals surface area contributed by atoms with Crippen LogP contribution in [0.1, 0.15) is 38.7 Å². The molecule has 1 aromatic rings. The minimum atomic E-state index is 0. The van der Waals surface area contributed by atoms with E-state index >= 15 is 0 Å². The molecule has 2 rings (SSSR count). The number of nitrogens with one attached hydrogen (secondary N) is 2. The number of halogens is 2. The van der Waals surface area contributed by atoms with Crippen LogP contribution in [0.5, 0.6) is 0 Å². The Kier molecular flexibility index (Phi) is 10.2. The topological polar surface area (TPSA) is 45.7 Å². The Morgan fingerprint density at radius 1 is 1.17 bits per heavy atom. The Morgan fingerprint density at radius 3 is 2.42 bits per heavy atom. The van der Waals surface area contributed by atoms with Crippen LogP contribution in [0, 0.1) is 0 Å². The Morgan fingerprint density at radius 2 is 1.83 bits per heavy atom. The van der Waals surface area contributed by atoms with Crippen molar-refractivity contribution in [2.24, 2.45) is 4.99 Å². The van der Waals surface area contributed by atoms with Gasteiger partial charge in [0.25, 0.3) is 0 Å². The standard InChI is InChI=1S/C18H28BrN3O.HI/c1-3-11-21-17(20-4-2)22-14-18(9-12-23-13-10-18)15-5-7-16(19)8-6-15;/h5-8H,3-4,9-14H2,1-2H3,(H2,20,21,22);1H. The van der Waals surface area contributed by atoms with Crippen molar-refractivity contribution in [2.75, 3.05) is 32.8 Å². The van der Waals surface area contributed by atoms with Crippen LogP contribution in [0.2, 0.25) is 0 Å². The molecule has 136 valence electrons. The van der Waals surface area contributed by atoms with Gasteiger partial charge < -0.3 is 15.4 Å². The van der Waals surface area contributed by atoms with Crippen molar-refractivity contribution in [3.05, 3.63) is 34.3 Å². The second-order valence-corrected chi connectivity index (χ2v) is 6.94. The Bertz CT molecular complexity index is 501. The highest BCUT2D eigenvalue weighted by molar-refractivity contribution is 14.0. The molecule has 0 bridgehead atoms. The van der Waals surface area contributed by atoms with Crippen molar-refractivity contribution in [1.82, 2.24) is 10.6 Å². The molecule has 0 saturated carbocycles. The first-order valence-electron chi connectivity index (χ1n) is 8.56. The fourth-order valence-corrected chi connectivity index (χ4v) is 3.18. The van der Waals surface area contributed by atoms with Gasteiger partial charge in [-0.1, -0.05) is 35.0 Å². The average molecular weight is 510 g/mol. The van der Waals surface area contributed by atoms with Gasteiger partial charge in [0.1, 0.15) is 0 Å². The number of hydrogen-bond acceptors (Lipinski definition) is 2. The van der Waals surface area contributed by atoms with Crippen molar-refractivity contribution in [3.63, 3.8) is 0 Å². The molecule has 6 heteroatoms. The molecule has 1 heterocycles. The molecule has 0 aliphatic carbocycles. The van der Waals surface area contributed by atoms with Crippen LogP contribution in [0.3, 0.4) is 0 Å². The van der Waals surface area contributed by atoms with Gasteiger partial charge in [-0.15, -0.1) is 24.0 Å². The summed E-state index contributed by atoms with van der Waals surface area (Å²) < 4.78 is 6.72. The van der Waals surface area contributed by atoms with E-state index in [-0.39, 0.29) is 29.4 Å². The first kappa shape index (κ1) is 21.7. The molecule has 0 amide bonds. The molecule has 4 nitrogen and oxygen atoms in total. The lowest BCUT2D eigenvalue weighted by Gasteiger charge is -2.36. The minimum absolute atomic E-state index is 0. The van der Waals surface area contributed by atoms with Gasteiger partial charge in [-0.2, -0.15) is 0 Å². The van der Waals surface area contributed by atoms with E-state index < -0.39 is 0 Å². The summed E-state index contributed by atoms with van der Waals surface area (Å²) in [5.41, 5.74) is 1.44. The molecule has 24 heavy (non-hydrogen) atoms. The summed E-state index contributed by atoms with van der Waals surface area (Å²) in [6, 6.07) is 8.68. The summed E-state index contributed by atoms with van der Waals surface area (Å²) in [6.07, 6.45) is 3.13. The van der Waals surface area contributed by atoms with Gasteiger partial charge in [-0.3, -0.25) is 4.99 Å². The van der Waals surface area contributed by atoms with Crippen LogP contribution in [-0.4, -0.2) is 38.8 Å². The van der Waals surface area contributed by atoms with E-state index in [9.17, 15) is 0 Å². The van der Waals surface area contributed by atoms with Crippen LogP contribution in [0.4, 0.5) is 0 Å². The molecular formula is C18H29BrIN3O. The fourth-order valence-electron chi connectivity index (χ4n) is 2.92. The largest absolute Gasteiger partial charge is 0.381 e. The minimum Gasteiger partial charge on any atom is -0.381 e. The normalized spacial score (nSPS) is 17.0. The Balaban J connectivity index is 0.00000288. The van der Waals surface area contributed by atoms with E-state index in [1.165, 1.54) is 5.56 Å². The second-order valence-electron chi connectivity index (χ2n) is 6.02. The lowest BCUT2D eigenvalue weighted by Crippen LogP contribution is -2.41. The van der Waals surface area contributed by atoms with Crippen molar-refractivity contribution in [2.45, 2.75) is 38.5 Å². The summed E-state index contributed by atoms with van der Waals surface area (Å²) >= 11 is 3.53. The zero-order valence-electron chi connectivity index (χ0n) is 14.6. The average Bonchev–Trinajstić information content (AvgIpc) is 2.59. The lowest BCUT2D eigenvalue weighted by atomic mass is 9.74. The van der Waals surface area contributed by atoms with Gasteiger partial charge in [0, 0.05) is 36.2 Å². The molecule has 1 fully saturated rings. The smallest absolute Gasteiger partial charge is 0.191 e. The third-order valence-electron chi connectivity index (χ3n) is 4.33. The number of guanidine groups is 1. The van der Waals surface area contributed by atoms with Gasteiger partial charge in [0.15, 0.2) is 5.96 Å². The van der Waals surface area contributed by atoms with Crippen LogP contribution < -0.4 is 10.6 Å². The van der Waals surface area contributed by atoms with E-state index in [2.05, 4.69) is 64.7 Å². The number of ether oxygens (including phenoxy) is 1. The van der Waals surface area contributed by atoms with E-state index in [0.29, 0.717) is 0 Å². The van der Waals surface area contributed by atoms with Crippen LogP contribution in [-0.2, 0) is 10.2 Å². The number of benzene rings is 1. The first-order valence-corrected chi connectivity index (χ1v) is 9.35. The zero-order chi connectivity index (χ0) is 16.5. The highest BCUT2D eigenvalue weighted by Crippen LogP contribution is 2.35. The van der Waals surface area contributed by atoms with E-state index in [4.69, 9.17) is 9.73 Å². The predicted octanol–water partition coefficient (Wildman–Crippen LogP) is 4.08. The number of nitrogens with zero attached hydrogens (tertiary/aromatic N) is 1. The van der Waals surface area contributed by atoms with Gasteiger partial charge in [0.2, 0.25) is 0 Å². The molecule has 0 spiro atoms. The van der Waals surface area contributed by atoms with E-state index in [1.54, 1.807) is 0 Å². The van der Waals surface area contributed by atoms with Crippen molar-refractivity contribution < 1.29 is 4.74 Å². The van der Waals surface area contributed by atoms with E-state index in [1.807, 2.05) is 0 Å². The molecule has 1 aromatic carbocycles. The molecule has 0 radical (unpaired) electrons. The fraction of sp³-hybridized carbons (Fsp3) is 0.611. The monoisotopic (exact) mass is 509 g/mol. The SMILES string of the molecule is CCCNC(=NCC1(c2ccc(Br)cc2)CCOCC1)NCC.I. The molecule has 1 aliphatic rings. The summed E-state index contributed by atoms with van der Waals surface area (Å²) in [4.78, 5) is 4.87. The van der Waals surface area contributed by atoms with Crippen molar-refractivity contribution in [3.8, 4) is 0 Å². The highest BCUT2D eigenvalue weighted by Gasteiger charge is 2.34. The maximum Gasteiger partial charge on any atom is 0.191 e. The Hall–Kier alpha value is -0.340. The summed E-state index contributed by atoms with van der Waals surface area (Å²) in [7, 11) is 0. The molecule has 1 aliphatic heterocycles. The molecule has 0 unspecified atom stereocenters. The number of aliphatic imine (C=N–C) groups is 1. The van der Waals surface area contributed by atoms with Gasteiger partial charge in [-0.05, 0) is 43.9 Å². The second kappa shape index (κ2) is 11.3. The van der Waals surface area contributed by atoms with Crippen LogP contribution in [0.15, 0.2) is 33.7 Å². The van der Waals surface area contributed by atoms with Crippen LogP contribution in [0.25, 0.3) is 0 Å². The van der Waals surface area contributed by atoms with Gasteiger partial charge in [-0.25, -0.2) is 0 Å². The van der Waals surface area contributed by atoms with E-state index in [0.717, 1.165) is 62.5 Å². The predicted molar refractivity (Wildman–Crippen MR) is 116 cm³/mol. The maximum absolute atomic E-state index is 5.60. The highest BCUT2D eigenvalue weighted by atomic mass is 127. The molecular weight excluding hydrogens is 481 g/mol. The zero-order valence-corrected chi connectivity index (χ0v) is 18.5. The number of rotatable bonds is 6. The summed E-state index contributed by atoms with van der Waals surface area (Å²) in [6.45, 7) is 8.50. The van der Waals surface area contributed by atoms with Crippen LogP contribution >= 0.6 is 39.9 Å². The Labute approximate surface area is 171 Å². The third kappa shape index (κ3) is 6.19.